The molecule has 1 aromatic carbocycles. The summed E-state index contributed by atoms with van der Waals surface area (Å²) >= 11 is 0. The van der Waals surface area contributed by atoms with Crippen molar-refractivity contribution < 1.29 is 14.3 Å². The zero-order chi connectivity index (χ0) is 15.2. The molecule has 124 valence electrons. The van der Waals surface area contributed by atoms with Gasteiger partial charge in [0.2, 0.25) is 5.91 Å². The first-order chi connectivity index (χ1) is 10.1. The van der Waals surface area contributed by atoms with E-state index in [1.807, 2.05) is 31.2 Å². The SMILES string of the molecule is COc1ccccc1C(C)NC(=O)C(N)C1CCOCC1.Cl. The molecule has 3 N–H and O–H groups in total. The van der Waals surface area contributed by atoms with Gasteiger partial charge in [-0.2, -0.15) is 0 Å². The van der Waals surface area contributed by atoms with E-state index in [0.717, 1.165) is 24.2 Å². The molecular formula is C16H25ClN2O3. The number of nitrogens with one attached hydrogen (secondary N) is 1. The van der Waals surface area contributed by atoms with Crippen LogP contribution in [0.15, 0.2) is 24.3 Å². The molecule has 1 aliphatic rings. The number of rotatable bonds is 5. The lowest BCUT2D eigenvalue weighted by Crippen LogP contribution is -2.47. The average Bonchev–Trinajstić information content (AvgIpc) is 2.54. The standard InChI is InChI=1S/C16H24N2O3.ClH/c1-11(13-5-3-4-6-14(13)20-2)18-16(19)15(17)12-7-9-21-10-8-12;/h3-6,11-12,15H,7-10,17H2,1-2H3,(H,18,19);1H. The first kappa shape index (κ1) is 18.7. The molecule has 5 nitrogen and oxygen atoms in total. The number of nitrogens with two attached hydrogens (primary N) is 1. The number of hydrogen-bond acceptors (Lipinski definition) is 4. The first-order valence-electron chi connectivity index (χ1n) is 7.40. The van der Waals surface area contributed by atoms with Crippen molar-refractivity contribution in [1.29, 1.82) is 0 Å². The number of carbonyl (C=O) groups is 1. The molecule has 2 atom stereocenters. The van der Waals surface area contributed by atoms with Gasteiger partial charge in [-0.05, 0) is 31.7 Å². The number of para-hydroxylation sites is 1. The molecule has 0 aromatic heterocycles. The summed E-state index contributed by atoms with van der Waals surface area (Å²) in [6.45, 7) is 3.31. The third kappa shape index (κ3) is 4.60. The van der Waals surface area contributed by atoms with E-state index in [1.165, 1.54) is 0 Å². The number of ether oxygens (including phenoxy) is 2. The summed E-state index contributed by atoms with van der Waals surface area (Å²) in [7, 11) is 1.63. The van der Waals surface area contributed by atoms with Gasteiger partial charge < -0.3 is 20.5 Å². The van der Waals surface area contributed by atoms with Gasteiger partial charge in [-0.1, -0.05) is 18.2 Å². The van der Waals surface area contributed by atoms with Crippen LogP contribution in [0.5, 0.6) is 5.75 Å². The maximum absolute atomic E-state index is 12.3. The normalized spacial score (nSPS) is 18.0. The lowest BCUT2D eigenvalue weighted by Gasteiger charge is -2.28. The van der Waals surface area contributed by atoms with Gasteiger partial charge in [-0.25, -0.2) is 0 Å². The zero-order valence-corrected chi connectivity index (χ0v) is 13.9. The molecule has 1 heterocycles. The molecule has 6 heteroatoms. The number of hydrogen-bond donors (Lipinski definition) is 2. The van der Waals surface area contributed by atoms with Crippen LogP contribution in [-0.2, 0) is 9.53 Å². The summed E-state index contributed by atoms with van der Waals surface area (Å²) in [6.07, 6.45) is 1.69. The third-order valence-corrected chi connectivity index (χ3v) is 4.04. The van der Waals surface area contributed by atoms with Gasteiger partial charge in [0, 0.05) is 18.8 Å². The fourth-order valence-corrected chi connectivity index (χ4v) is 2.70. The Morgan fingerprint density at radius 1 is 1.36 bits per heavy atom. The van der Waals surface area contributed by atoms with E-state index in [2.05, 4.69) is 5.32 Å². The maximum atomic E-state index is 12.3. The highest BCUT2D eigenvalue weighted by atomic mass is 35.5. The second kappa shape index (κ2) is 8.98. The number of carbonyl (C=O) groups excluding carboxylic acids is 1. The number of halogens is 1. The summed E-state index contributed by atoms with van der Waals surface area (Å²) in [5.41, 5.74) is 7.04. The predicted molar refractivity (Wildman–Crippen MR) is 88.3 cm³/mol. The van der Waals surface area contributed by atoms with E-state index < -0.39 is 6.04 Å². The summed E-state index contributed by atoms with van der Waals surface area (Å²) in [5, 5.41) is 2.98. The Kier molecular flexibility index (Phi) is 7.65. The summed E-state index contributed by atoms with van der Waals surface area (Å²) in [4.78, 5) is 12.3. The van der Waals surface area contributed by atoms with Crippen LogP contribution in [0, 0.1) is 5.92 Å². The molecule has 1 amide bonds. The monoisotopic (exact) mass is 328 g/mol. The number of methoxy groups -OCH3 is 1. The molecule has 2 rings (SSSR count). The van der Waals surface area contributed by atoms with E-state index in [1.54, 1.807) is 7.11 Å². The van der Waals surface area contributed by atoms with Gasteiger partial charge in [0.25, 0.3) is 0 Å². The highest BCUT2D eigenvalue weighted by Gasteiger charge is 2.27. The van der Waals surface area contributed by atoms with Gasteiger partial charge in [0.05, 0.1) is 19.2 Å². The van der Waals surface area contributed by atoms with Crippen LogP contribution in [0.3, 0.4) is 0 Å². The van der Waals surface area contributed by atoms with Crippen molar-refractivity contribution in [3.05, 3.63) is 29.8 Å². The van der Waals surface area contributed by atoms with E-state index in [9.17, 15) is 4.79 Å². The lowest BCUT2D eigenvalue weighted by atomic mass is 9.91. The Balaban J connectivity index is 0.00000242. The van der Waals surface area contributed by atoms with E-state index >= 15 is 0 Å². The predicted octanol–water partition coefficient (Wildman–Crippen LogP) is 2.05. The lowest BCUT2D eigenvalue weighted by molar-refractivity contribution is -0.125. The third-order valence-electron chi connectivity index (χ3n) is 4.04. The van der Waals surface area contributed by atoms with Crippen LogP contribution in [0.4, 0.5) is 0 Å². The smallest absolute Gasteiger partial charge is 0.237 e. The van der Waals surface area contributed by atoms with Gasteiger partial charge in [0.15, 0.2) is 0 Å². The fraction of sp³-hybridized carbons (Fsp3) is 0.562. The molecular weight excluding hydrogens is 304 g/mol. The Morgan fingerprint density at radius 2 is 2.00 bits per heavy atom. The molecule has 0 spiro atoms. The number of amides is 1. The quantitative estimate of drug-likeness (QED) is 0.867. The molecule has 22 heavy (non-hydrogen) atoms. The van der Waals surface area contributed by atoms with Crippen LogP contribution in [0.2, 0.25) is 0 Å². The van der Waals surface area contributed by atoms with Gasteiger partial charge in [-0.3, -0.25) is 4.79 Å². The topological polar surface area (TPSA) is 73.6 Å². The van der Waals surface area contributed by atoms with Gasteiger partial charge in [-0.15, -0.1) is 12.4 Å². The molecule has 1 saturated heterocycles. The van der Waals surface area contributed by atoms with Crippen molar-refractivity contribution in [2.75, 3.05) is 20.3 Å². The molecule has 0 bridgehead atoms. The minimum atomic E-state index is -0.481. The van der Waals surface area contributed by atoms with Crippen molar-refractivity contribution in [3.8, 4) is 5.75 Å². The molecule has 1 fully saturated rings. The van der Waals surface area contributed by atoms with Crippen molar-refractivity contribution in [3.63, 3.8) is 0 Å². The van der Waals surface area contributed by atoms with E-state index in [4.69, 9.17) is 15.2 Å². The van der Waals surface area contributed by atoms with Crippen LogP contribution in [-0.4, -0.2) is 32.3 Å². The van der Waals surface area contributed by atoms with Crippen LogP contribution < -0.4 is 15.8 Å². The van der Waals surface area contributed by atoms with E-state index in [0.29, 0.717) is 13.2 Å². The van der Waals surface area contributed by atoms with Crippen molar-refractivity contribution in [2.45, 2.75) is 31.8 Å². The second-order valence-corrected chi connectivity index (χ2v) is 5.45. The summed E-state index contributed by atoms with van der Waals surface area (Å²) in [6, 6.07) is 7.05. The fourth-order valence-electron chi connectivity index (χ4n) is 2.70. The minimum Gasteiger partial charge on any atom is -0.496 e. The van der Waals surface area contributed by atoms with Crippen LogP contribution in [0.25, 0.3) is 0 Å². The van der Waals surface area contributed by atoms with Crippen LogP contribution >= 0.6 is 12.4 Å². The van der Waals surface area contributed by atoms with E-state index in [-0.39, 0.29) is 30.3 Å². The zero-order valence-electron chi connectivity index (χ0n) is 13.1. The second-order valence-electron chi connectivity index (χ2n) is 5.45. The Hall–Kier alpha value is -1.30. The molecule has 1 aromatic rings. The first-order valence-corrected chi connectivity index (χ1v) is 7.40. The molecule has 0 aliphatic carbocycles. The summed E-state index contributed by atoms with van der Waals surface area (Å²) in [5.74, 6) is 0.855. The average molecular weight is 329 g/mol. The molecule has 0 radical (unpaired) electrons. The summed E-state index contributed by atoms with van der Waals surface area (Å²) < 4.78 is 10.6. The maximum Gasteiger partial charge on any atom is 0.237 e. The van der Waals surface area contributed by atoms with Crippen molar-refractivity contribution in [2.24, 2.45) is 11.7 Å². The molecule has 2 unspecified atom stereocenters. The Bertz CT molecular complexity index is 478. The van der Waals surface area contributed by atoms with Crippen LogP contribution in [0.1, 0.15) is 31.4 Å². The largest absolute Gasteiger partial charge is 0.496 e. The van der Waals surface area contributed by atoms with Crippen molar-refractivity contribution >= 4 is 18.3 Å². The highest BCUT2D eigenvalue weighted by molar-refractivity contribution is 5.85. The Labute approximate surface area is 138 Å². The minimum absolute atomic E-state index is 0. The molecule has 1 aliphatic heterocycles. The van der Waals surface area contributed by atoms with Gasteiger partial charge in [0.1, 0.15) is 5.75 Å². The number of benzene rings is 1. The Morgan fingerprint density at radius 3 is 2.64 bits per heavy atom. The van der Waals surface area contributed by atoms with Gasteiger partial charge >= 0.3 is 0 Å². The molecule has 0 saturated carbocycles. The van der Waals surface area contributed by atoms with Crippen molar-refractivity contribution in [1.82, 2.24) is 5.32 Å². The highest BCUT2D eigenvalue weighted by Crippen LogP contribution is 2.25.